The first kappa shape index (κ1) is 12.5. The van der Waals surface area contributed by atoms with Gasteiger partial charge in [0.2, 0.25) is 0 Å². The Morgan fingerprint density at radius 2 is 1.71 bits per heavy atom. The monoisotopic (exact) mass is 355 g/mol. The Balaban J connectivity index is 2.15. The number of nitrogens with one attached hydrogen (secondary N) is 1. The van der Waals surface area contributed by atoms with Gasteiger partial charge in [-0.1, -0.05) is 0 Å². The van der Waals surface area contributed by atoms with Gasteiger partial charge in [0, 0.05) is 33.4 Å². The van der Waals surface area contributed by atoms with Crippen LogP contribution in [0.1, 0.15) is 11.1 Å². The fourth-order valence-electron chi connectivity index (χ4n) is 1.48. The molecule has 0 unspecified atom stereocenters. The molecule has 1 aromatic carbocycles. The SMILES string of the molecule is Cc1cc(Br)c(NCc2cncnc2)c(Br)c1. The van der Waals surface area contributed by atoms with E-state index in [2.05, 4.69) is 66.2 Å². The van der Waals surface area contributed by atoms with Crippen molar-refractivity contribution in [3.05, 3.63) is 50.9 Å². The second kappa shape index (κ2) is 5.60. The first-order valence-electron chi connectivity index (χ1n) is 5.10. The van der Waals surface area contributed by atoms with Crippen molar-refractivity contribution in [1.82, 2.24) is 9.97 Å². The standard InChI is InChI=1S/C12H11Br2N3/c1-8-2-10(13)12(11(14)3-8)17-6-9-4-15-7-16-5-9/h2-5,7,17H,6H2,1H3. The van der Waals surface area contributed by atoms with Crippen LogP contribution in [0, 0.1) is 6.92 Å². The maximum Gasteiger partial charge on any atom is 0.115 e. The summed E-state index contributed by atoms with van der Waals surface area (Å²) in [5.74, 6) is 0. The Bertz CT molecular complexity index is 491. The van der Waals surface area contributed by atoms with Gasteiger partial charge in [-0.2, -0.15) is 0 Å². The lowest BCUT2D eigenvalue weighted by Gasteiger charge is -2.11. The van der Waals surface area contributed by atoms with Gasteiger partial charge < -0.3 is 5.32 Å². The molecule has 0 aliphatic heterocycles. The molecule has 88 valence electrons. The number of halogens is 2. The summed E-state index contributed by atoms with van der Waals surface area (Å²) in [6.45, 7) is 2.76. The summed E-state index contributed by atoms with van der Waals surface area (Å²) in [7, 11) is 0. The highest BCUT2D eigenvalue weighted by Gasteiger charge is 2.05. The van der Waals surface area contributed by atoms with Crippen molar-refractivity contribution in [3.8, 4) is 0 Å². The van der Waals surface area contributed by atoms with E-state index < -0.39 is 0 Å². The molecule has 0 amide bonds. The lowest BCUT2D eigenvalue weighted by atomic mass is 10.2. The number of nitrogens with zero attached hydrogens (tertiary/aromatic N) is 2. The highest BCUT2D eigenvalue weighted by molar-refractivity contribution is 9.11. The minimum atomic E-state index is 0.696. The van der Waals surface area contributed by atoms with Crippen LogP contribution < -0.4 is 5.32 Å². The Labute approximate surface area is 117 Å². The van der Waals surface area contributed by atoms with E-state index in [1.165, 1.54) is 11.9 Å². The van der Waals surface area contributed by atoms with E-state index in [9.17, 15) is 0 Å². The Morgan fingerprint density at radius 3 is 2.29 bits per heavy atom. The second-order valence-electron chi connectivity index (χ2n) is 3.70. The summed E-state index contributed by atoms with van der Waals surface area (Å²) < 4.78 is 2.09. The average molecular weight is 357 g/mol. The summed E-state index contributed by atoms with van der Waals surface area (Å²) in [4.78, 5) is 7.96. The van der Waals surface area contributed by atoms with Crippen molar-refractivity contribution in [1.29, 1.82) is 0 Å². The Morgan fingerprint density at radius 1 is 1.12 bits per heavy atom. The van der Waals surface area contributed by atoms with Gasteiger partial charge in [-0.25, -0.2) is 9.97 Å². The molecule has 1 aromatic heterocycles. The van der Waals surface area contributed by atoms with E-state index in [4.69, 9.17) is 0 Å². The van der Waals surface area contributed by atoms with Crippen LogP contribution in [0.3, 0.4) is 0 Å². The average Bonchev–Trinajstić information content (AvgIpc) is 2.29. The van der Waals surface area contributed by atoms with Crippen molar-refractivity contribution >= 4 is 37.5 Å². The predicted molar refractivity (Wildman–Crippen MR) is 75.9 cm³/mol. The van der Waals surface area contributed by atoms with Crippen LogP contribution in [0.2, 0.25) is 0 Å². The molecule has 0 fully saturated rings. The number of anilines is 1. The number of benzene rings is 1. The van der Waals surface area contributed by atoms with Crippen molar-refractivity contribution in [2.75, 3.05) is 5.32 Å². The summed E-state index contributed by atoms with van der Waals surface area (Å²) in [5.41, 5.74) is 3.30. The fraction of sp³-hybridized carbons (Fsp3) is 0.167. The van der Waals surface area contributed by atoms with Crippen molar-refractivity contribution in [2.24, 2.45) is 0 Å². The summed E-state index contributed by atoms with van der Waals surface area (Å²) in [6.07, 6.45) is 5.13. The maximum atomic E-state index is 3.98. The number of hydrogen-bond acceptors (Lipinski definition) is 3. The van der Waals surface area contributed by atoms with Crippen molar-refractivity contribution in [2.45, 2.75) is 13.5 Å². The molecule has 0 aliphatic carbocycles. The number of aryl methyl sites for hydroxylation is 1. The van der Waals surface area contributed by atoms with E-state index in [0.29, 0.717) is 6.54 Å². The van der Waals surface area contributed by atoms with Gasteiger partial charge in [-0.3, -0.25) is 0 Å². The molecule has 0 spiro atoms. The molecule has 0 aliphatic rings. The quantitative estimate of drug-likeness (QED) is 0.905. The van der Waals surface area contributed by atoms with Crippen LogP contribution in [0.15, 0.2) is 39.8 Å². The molecule has 0 atom stereocenters. The van der Waals surface area contributed by atoms with E-state index in [0.717, 1.165) is 20.2 Å². The van der Waals surface area contributed by atoms with E-state index in [1.807, 2.05) is 0 Å². The van der Waals surface area contributed by atoms with Gasteiger partial charge in [0.15, 0.2) is 0 Å². The number of rotatable bonds is 3. The summed E-state index contributed by atoms with van der Waals surface area (Å²) in [6, 6.07) is 4.16. The van der Waals surface area contributed by atoms with E-state index in [1.54, 1.807) is 12.4 Å². The zero-order valence-corrected chi connectivity index (χ0v) is 12.4. The Kier molecular flexibility index (Phi) is 4.12. The first-order valence-corrected chi connectivity index (χ1v) is 6.69. The van der Waals surface area contributed by atoms with Gasteiger partial charge in [0.1, 0.15) is 6.33 Å². The van der Waals surface area contributed by atoms with Crippen LogP contribution in [0.5, 0.6) is 0 Å². The van der Waals surface area contributed by atoms with Crippen molar-refractivity contribution < 1.29 is 0 Å². The van der Waals surface area contributed by atoms with E-state index in [-0.39, 0.29) is 0 Å². The van der Waals surface area contributed by atoms with Crippen molar-refractivity contribution in [3.63, 3.8) is 0 Å². The van der Waals surface area contributed by atoms with Gasteiger partial charge >= 0.3 is 0 Å². The normalized spacial score (nSPS) is 10.3. The molecule has 5 heteroatoms. The molecule has 1 heterocycles. The van der Waals surface area contributed by atoms with E-state index >= 15 is 0 Å². The zero-order chi connectivity index (χ0) is 12.3. The number of aromatic nitrogens is 2. The maximum absolute atomic E-state index is 3.98. The Hall–Kier alpha value is -0.940. The van der Waals surface area contributed by atoms with Gasteiger partial charge in [0.05, 0.1) is 5.69 Å². The molecule has 2 rings (SSSR count). The topological polar surface area (TPSA) is 37.8 Å². The number of hydrogen-bond donors (Lipinski definition) is 1. The fourth-order valence-corrected chi connectivity index (χ4v) is 3.18. The van der Waals surface area contributed by atoms with Crippen LogP contribution in [-0.2, 0) is 6.54 Å². The zero-order valence-electron chi connectivity index (χ0n) is 9.24. The largest absolute Gasteiger partial charge is 0.379 e. The highest BCUT2D eigenvalue weighted by Crippen LogP contribution is 2.32. The van der Waals surface area contributed by atoms with Crippen LogP contribution in [0.25, 0.3) is 0 Å². The predicted octanol–water partition coefficient (Wildman–Crippen LogP) is 3.92. The molecule has 0 saturated carbocycles. The molecule has 1 N–H and O–H groups in total. The highest BCUT2D eigenvalue weighted by atomic mass is 79.9. The molecular weight excluding hydrogens is 346 g/mol. The molecule has 17 heavy (non-hydrogen) atoms. The third kappa shape index (κ3) is 3.26. The van der Waals surface area contributed by atoms with Gasteiger partial charge in [-0.05, 0) is 56.5 Å². The summed E-state index contributed by atoms with van der Waals surface area (Å²) >= 11 is 7.10. The molecule has 0 saturated heterocycles. The third-order valence-electron chi connectivity index (χ3n) is 2.27. The van der Waals surface area contributed by atoms with Crippen LogP contribution in [0.4, 0.5) is 5.69 Å². The lowest BCUT2D eigenvalue weighted by Crippen LogP contribution is -2.02. The third-order valence-corrected chi connectivity index (χ3v) is 3.52. The van der Waals surface area contributed by atoms with Gasteiger partial charge in [0.25, 0.3) is 0 Å². The van der Waals surface area contributed by atoms with Crippen LogP contribution >= 0.6 is 31.9 Å². The van der Waals surface area contributed by atoms with Gasteiger partial charge in [-0.15, -0.1) is 0 Å². The minimum absolute atomic E-state index is 0.696. The first-order chi connectivity index (χ1) is 8.16. The molecular formula is C12H11Br2N3. The van der Waals surface area contributed by atoms with Crippen LogP contribution in [-0.4, -0.2) is 9.97 Å². The molecule has 0 bridgehead atoms. The smallest absolute Gasteiger partial charge is 0.115 e. The summed E-state index contributed by atoms with van der Waals surface area (Å²) in [5, 5.41) is 3.35. The molecule has 0 radical (unpaired) electrons. The molecule has 3 nitrogen and oxygen atoms in total. The second-order valence-corrected chi connectivity index (χ2v) is 5.41. The lowest BCUT2D eigenvalue weighted by molar-refractivity contribution is 1.05. The minimum Gasteiger partial charge on any atom is -0.379 e. The molecule has 2 aromatic rings.